The number of anilines is 1. The molecule has 0 fully saturated rings. The molecule has 0 atom stereocenters. The summed E-state index contributed by atoms with van der Waals surface area (Å²) >= 11 is 1.18. The molecule has 0 spiro atoms. The summed E-state index contributed by atoms with van der Waals surface area (Å²) in [4.78, 5) is 22.8. The van der Waals surface area contributed by atoms with Crippen LogP contribution in [0.2, 0.25) is 0 Å². The Morgan fingerprint density at radius 3 is 2.47 bits per heavy atom. The Morgan fingerprint density at radius 2 is 1.88 bits per heavy atom. The van der Waals surface area contributed by atoms with E-state index in [1.54, 1.807) is 28.8 Å². The van der Waals surface area contributed by atoms with Gasteiger partial charge in [0.1, 0.15) is 0 Å². The van der Waals surface area contributed by atoms with Gasteiger partial charge in [-0.15, -0.1) is 16.8 Å². The fourth-order valence-corrected chi connectivity index (χ4v) is 3.89. The molecule has 1 amide bonds. The summed E-state index contributed by atoms with van der Waals surface area (Å²) in [5.74, 6) is 1.60. The molecule has 0 radical (unpaired) electrons. The van der Waals surface area contributed by atoms with Crippen LogP contribution in [0.25, 0.3) is 11.4 Å². The van der Waals surface area contributed by atoms with E-state index < -0.39 is 4.92 Å². The molecule has 0 saturated heterocycles. The van der Waals surface area contributed by atoms with E-state index in [4.69, 9.17) is 14.2 Å². The molecule has 3 rings (SSSR count). The predicted molar refractivity (Wildman–Crippen MR) is 128 cm³/mol. The lowest BCUT2D eigenvalue weighted by atomic mass is 10.1. The number of hydrogen-bond acceptors (Lipinski definition) is 9. The van der Waals surface area contributed by atoms with Crippen molar-refractivity contribution < 1.29 is 23.9 Å². The summed E-state index contributed by atoms with van der Waals surface area (Å²) in [7, 11) is 4.57. The van der Waals surface area contributed by atoms with Crippen LogP contribution in [0, 0.1) is 10.1 Å². The van der Waals surface area contributed by atoms with Gasteiger partial charge in [-0.25, -0.2) is 0 Å². The number of rotatable bonds is 11. The molecule has 12 heteroatoms. The monoisotopic (exact) mass is 485 g/mol. The van der Waals surface area contributed by atoms with Crippen LogP contribution < -0.4 is 19.5 Å². The lowest BCUT2D eigenvalue weighted by Gasteiger charge is -2.14. The van der Waals surface area contributed by atoms with Crippen LogP contribution in [-0.2, 0) is 11.3 Å². The lowest BCUT2D eigenvalue weighted by molar-refractivity contribution is -0.384. The summed E-state index contributed by atoms with van der Waals surface area (Å²) in [5.41, 5.74) is 0.911. The van der Waals surface area contributed by atoms with Gasteiger partial charge < -0.3 is 19.5 Å². The summed E-state index contributed by atoms with van der Waals surface area (Å²) in [5, 5.41) is 22.6. The number of carbonyl (C=O) groups excluding carboxylic acids is 1. The second-order valence-corrected chi connectivity index (χ2v) is 7.71. The van der Waals surface area contributed by atoms with Gasteiger partial charge in [-0.05, 0) is 18.2 Å². The van der Waals surface area contributed by atoms with Crippen molar-refractivity contribution in [2.24, 2.45) is 0 Å². The zero-order valence-electron chi connectivity index (χ0n) is 18.8. The van der Waals surface area contributed by atoms with E-state index in [9.17, 15) is 14.9 Å². The Hall–Kier alpha value is -4.06. The molecule has 1 heterocycles. The number of nitrogens with one attached hydrogen (secondary N) is 1. The molecule has 1 N–H and O–H groups in total. The SMILES string of the molecule is C=CCn1c(SCC(=O)Nc2cccc([N+](=O)[O-])c2)nnc1-c1cc(OC)c(OC)c(OC)c1. The molecule has 34 heavy (non-hydrogen) atoms. The Balaban J connectivity index is 1.82. The van der Waals surface area contributed by atoms with Crippen LogP contribution in [0.5, 0.6) is 17.2 Å². The quantitative estimate of drug-likeness (QED) is 0.186. The van der Waals surface area contributed by atoms with Crippen molar-refractivity contribution in [2.45, 2.75) is 11.7 Å². The molecule has 178 valence electrons. The van der Waals surface area contributed by atoms with E-state index in [-0.39, 0.29) is 17.3 Å². The fraction of sp³-hybridized carbons (Fsp3) is 0.227. The fourth-order valence-electron chi connectivity index (χ4n) is 3.14. The second-order valence-electron chi connectivity index (χ2n) is 6.76. The molecule has 0 unspecified atom stereocenters. The minimum absolute atomic E-state index is 0.0211. The van der Waals surface area contributed by atoms with Crippen molar-refractivity contribution >= 4 is 29.0 Å². The predicted octanol–water partition coefficient (Wildman–Crippen LogP) is 3.80. The van der Waals surface area contributed by atoms with Gasteiger partial charge in [-0.3, -0.25) is 19.5 Å². The molecule has 0 bridgehead atoms. The summed E-state index contributed by atoms with van der Waals surface area (Å²) in [6, 6.07) is 9.25. The number of ether oxygens (including phenoxy) is 3. The van der Waals surface area contributed by atoms with Gasteiger partial charge in [-0.2, -0.15) is 0 Å². The van der Waals surface area contributed by atoms with E-state index in [0.29, 0.717) is 46.0 Å². The number of methoxy groups -OCH3 is 3. The molecule has 0 aliphatic heterocycles. The smallest absolute Gasteiger partial charge is 0.271 e. The number of hydrogen-bond donors (Lipinski definition) is 1. The van der Waals surface area contributed by atoms with E-state index in [0.717, 1.165) is 0 Å². The van der Waals surface area contributed by atoms with Crippen LogP contribution in [0.1, 0.15) is 0 Å². The molecule has 11 nitrogen and oxygen atoms in total. The third kappa shape index (κ3) is 5.46. The minimum Gasteiger partial charge on any atom is -0.493 e. The van der Waals surface area contributed by atoms with Gasteiger partial charge >= 0.3 is 0 Å². The Labute approximate surface area is 199 Å². The van der Waals surface area contributed by atoms with Crippen molar-refractivity contribution in [3.63, 3.8) is 0 Å². The number of non-ortho nitro benzene ring substituents is 1. The second kappa shape index (κ2) is 11.2. The van der Waals surface area contributed by atoms with Crippen molar-refractivity contribution in [1.82, 2.24) is 14.8 Å². The highest BCUT2D eigenvalue weighted by Gasteiger charge is 2.20. The number of carbonyl (C=O) groups is 1. The standard InChI is InChI=1S/C22H23N5O6S/c1-5-9-26-21(14-10-17(31-2)20(33-4)18(11-14)32-3)24-25-22(26)34-13-19(28)23-15-7-6-8-16(12-15)27(29)30/h5-8,10-12H,1,9,13H2,2-4H3,(H,23,28). The van der Waals surface area contributed by atoms with Gasteiger partial charge in [0, 0.05) is 29.9 Å². The number of amides is 1. The molecular formula is C22H23N5O6S. The zero-order valence-corrected chi connectivity index (χ0v) is 19.6. The van der Waals surface area contributed by atoms with Crippen LogP contribution in [0.15, 0.2) is 54.2 Å². The number of benzene rings is 2. The van der Waals surface area contributed by atoms with Gasteiger partial charge in [0.25, 0.3) is 5.69 Å². The van der Waals surface area contributed by atoms with Crippen LogP contribution in [0.3, 0.4) is 0 Å². The third-order valence-electron chi connectivity index (χ3n) is 4.62. The first-order valence-corrected chi connectivity index (χ1v) is 10.9. The summed E-state index contributed by atoms with van der Waals surface area (Å²) in [6.07, 6.45) is 1.69. The number of nitro groups is 1. The van der Waals surface area contributed by atoms with Gasteiger partial charge in [0.05, 0.1) is 32.0 Å². The normalized spacial score (nSPS) is 10.4. The molecule has 3 aromatic rings. The Bertz CT molecular complexity index is 1190. The van der Waals surface area contributed by atoms with Crippen LogP contribution in [-0.4, -0.2) is 52.7 Å². The molecular weight excluding hydrogens is 462 g/mol. The van der Waals surface area contributed by atoms with E-state index >= 15 is 0 Å². The van der Waals surface area contributed by atoms with Gasteiger partial charge in [0.15, 0.2) is 22.5 Å². The number of nitrogens with zero attached hydrogens (tertiary/aromatic N) is 4. The van der Waals surface area contributed by atoms with E-state index in [1.807, 2.05) is 0 Å². The zero-order chi connectivity index (χ0) is 24.7. The maximum atomic E-state index is 12.4. The van der Waals surface area contributed by atoms with Crippen molar-refractivity contribution in [3.05, 3.63) is 59.2 Å². The van der Waals surface area contributed by atoms with Crippen molar-refractivity contribution in [3.8, 4) is 28.6 Å². The highest BCUT2D eigenvalue weighted by atomic mass is 32.2. The van der Waals surface area contributed by atoms with Crippen LogP contribution >= 0.6 is 11.8 Å². The van der Waals surface area contributed by atoms with Crippen LogP contribution in [0.4, 0.5) is 11.4 Å². The first-order chi connectivity index (χ1) is 16.4. The Morgan fingerprint density at radius 1 is 1.18 bits per heavy atom. The molecule has 2 aromatic carbocycles. The highest BCUT2D eigenvalue weighted by Crippen LogP contribution is 2.41. The first kappa shape index (κ1) is 24.6. The molecule has 0 saturated carbocycles. The van der Waals surface area contributed by atoms with E-state index in [1.165, 1.54) is 51.3 Å². The topological polar surface area (TPSA) is 131 Å². The maximum Gasteiger partial charge on any atom is 0.271 e. The van der Waals surface area contributed by atoms with E-state index in [2.05, 4.69) is 22.1 Å². The van der Waals surface area contributed by atoms with Gasteiger partial charge in [0.2, 0.25) is 11.7 Å². The lowest BCUT2D eigenvalue weighted by Crippen LogP contribution is -2.14. The number of thioether (sulfide) groups is 1. The molecule has 1 aromatic heterocycles. The minimum atomic E-state index is -0.521. The van der Waals surface area contributed by atoms with Crippen molar-refractivity contribution in [2.75, 3.05) is 32.4 Å². The average Bonchev–Trinajstić information content (AvgIpc) is 3.24. The maximum absolute atomic E-state index is 12.4. The van der Waals surface area contributed by atoms with Gasteiger partial charge in [-0.1, -0.05) is 23.9 Å². The Kier molecular flexibility index (Phi) is 8.09. The number of nitro benzene ring substituents is 1. The summed E-state index contributed by atoms with van der Waals surface area (Å²) in [6.45, 7) is 4.19. The largest absolute Gasteiger partial charge is 0.493 e. The average molecular weight is 486 g/mol. The third-order valence-corrected chi connectivity index (χ3v) is 5.59. The van der Waals surface area contributed by atoms with Crippen molar-refractivity contribution in [1.29, 1.82) is 0 Å². The number of aromatic nitrogens is 3. The summed E-state index contributed by atoms with van der Waals surface area (Å²) < 4.78 is 18.0. The molecule has 0 aliphatic carbocycles. The molecule has 0 aliphatic rings. The number of allylic oxidation sites excluding steroid dienone is 1. The first-order valence-electron chi connectivity index (χ1n) is 9.93. The highest BCUT2D eigenvalue weighted by molar-refractivity contribution is 7.99.